The molecule has 6 nitrogen and oxygen atoms in total. The molecular formula is C53H44N4O2. The molecule has 0 amide bonds. The summed E-state index contributed by atoms with van der Waals surface area (Å²) in [7, 11) is 0. The molecule has 1 N–H and O–H groups in total. The standard InChI is InChI=1S/C53H44N4O2/c1-52(2,3)36-21-23-43(40(28-36)32-14-8-7-9-15-32)57-44-31-54-30-42(47-45(58)24-22-39-38-19-10-11-20-46(38)59-50(39)47)49(44)56-51(57)35-17-12-16-33(26-35)41-29-37(53(4,5)6)27-34-18-13-25-55-48(34)41/h7-31,58H,1-6H3. The number of aromatic nitrogens is 4. The van der Waals surface area contributed by atoms with Crippen LogP contribution in [0.1, 0.15) is 52.7 Å². The number of rotatable bonds is 5. The van der Waals surface area contributed by atoms with Gasteiger partial charge in [0.1, 0.15) is 28.3 Å². The minimum Gasteiger partial charge on any atom is -0.507 e. The molecule has 0 fully saturated rings. The number of imidazole rings is 1. The minimum absolute atomic E-state index is 0.0604. The van der Waals surface area contributed by atoms with E-state index in [0.717, 1.165) is 72.1 Å². The molecule has 0 spiro atoms. The Balaban J connectivity index is 1.29. The number of furan rings is 1. The second kappa shape index (κ2) is 13.5. The van der Waals surface area contributed by atoms with Gasteiger partial charge in [-0.2, -0.15) is 0 Å². The van der Waals surface area contributed by atoms with Crippen LogP contribution in [0, 0.1) is 0 Å². The van der Waals surface area contributed by atoms with Gasteiger partial charge in [-0.15, -0.1) is 0 Å². The maximum atomic E-state index is 11.7. The van der Waals surface area contributed by atoms with Crippen LogP contribution >= 0.6 is 0 Å². The topological polar surface area (TPSA) is 77.0 Å². The molecule has 0 saturated heterocycles. The van der Waals surface area contributed by atoms with Crippen molar-refractivity contribution in [2.24, 2.45) is 0 Å². The first-order valence-electron chi connectivity index (χ1n) is 20.1. The van der Waals surface area contributed by atoms with Crippen LogP contribution in [0.25, 0.3) is 94.3 Å². The molecule has 0 unspecified atom stereocenters. The van der Waals surface area contributed by atoms with Gasteiger partial charge in [0.05, 0.1) is 28.5 Å². The average Bonchev–Trinajstić information content (AvgIpc) is 3.82. The van der Waals surface area contributed by atoms with Gasteiger partial charge in [-0.3, -0.25) is 14.5 Å². The molecule has 288 valence electrons. The lowest BCUT2D eigenvalue weighted by molar-refractivity contribution is 0.477. The number of nitrogens with zero attached hydrogens (tertiary/aromatic N) is 4. The number of phenolic OH excluding ortho intramolecular Hbond substituents is 1. The van der Waals surface area contributed by atoms with Crippen molar-refractivity contribution in [2.45, 2.75) is 52.4 Å². The molecule has 6 aromatic carbocycles. The van der Waals surface area contributed by atoms with Gasteiger partial charge in [-0.05, 0) is 87.7 Å². The smallest absolute Gasteiger partial charge is 0.147 e. The molecule has 0 aliphatic rings. The Morgan fingerprint density at radius 1 is 0.576 bits per heavy atom. The van der Waals surface area contributed by atoms with Crippen LogP contribution in [0.4, 0.5) is 0 Å². The van der Waals surface area contributed by atoms with E-state index in [2.05, 4.69) is 137 Å². The molecule has 4 aromatic heterocycles. The van der Waals surface area contributed by atoms with E-state index in [1.54, 1.807) is 12.3 Å². The molecule has 10 aromatic rings. The highest BCUT2D eigenvalue weighted by Crippen LogP contribution is 2.45. The third-order valence-electron chi connectivity index (χ3n) is 11.6. The number of hydrogen-bond donors (Lipinski definition) is 1. The Morgan fingerprint density at radius 3 is 2.14 bits per heavy atom. The minimum atomic E-state index is -0.0772. The molecule has 4 heterocycles. The summed E-state index contributed by atoms with van der Waals surface area (Å²) < 4.78 is 8.73. The lowest BCUT2D eigenvalue weighted by atomic mass is 9.84. The van der Waals surface area contributed by atoms with Crippen LogP contribution in [0.5, 0.6) is 5.75 Å². The molecular weight excluding hydrogens is 725 g/mol. The number of phenols is 1. The molecule has 0 aliphatic carbocycles. The SMILES string of the molecule is CC(C)(C)c1ccc(-n2c(-c3cccc(-c4cc(C(C)(C)C)cc5cccnc45)c3)nc3c(-c4c(O)ccc5c4oc4ccccc45)cncc32)c(-c2ccccc2)c1. The van der Waals surface area contributed by atoms with Crippen LogP contribution in [0.15, 0.2) is 156 Å². The monoisotopic (exact) mass is 768 g/mol. The van der Waals surface area contributed by atoms with Crippen molar-refractivity contribution in [1.29, 1.82) is 0 Å². The Bertz CT molecular complexity index is 3250. The van der Waals surface area contributed by atoms with E-state index in [9.17, 15) is 5.11 Å². The highest BCUT2D eigenvalue weighted by Gasteiger charge is 2.26. The van der Waals surface area contributed by atoms with Crippen LogP contribution in [-0.4, -0.2) is 24.6 Å². The predicted molar refractivity (Wildman–Crippen MR) is 242 cm³/mol. The van der Waals surface area contributed by atoms with E-state index >= 15 is 0 Å². The predicted octanol–water partition coefficient (Wildman–Crippen LogP) is 13.8. The van der Waals surface area contributed by atoms with Crippen molar-refractivity contribution >= 4 is 43.9 Å². The maximum Gasteiger partial charge on any atom is 0.147 e. The lowest BCUT2D eigenvalue weighted by Gasteiger charge is -2.23. The van der Waals surface area contributed by atoms with Gasteiger partial charge in [0.25, 0.3) is 0 Å². The molecule has 6 heteroatoms. The fraction of sp³-hybridized carbons (Fsp3) is 0.151. The second-order valence-electron chi connectivity index (χ2n) is 17.5. The van der Waals surface area contributed by atoms with Crippen LogP contribution in [0.2, 0.25) is 0 Å². The van der Waals surface area contributed by atoms with Crippen molar-refractivity contribution in [3.8, 4) is 56.2 Å². The quantitative estimate of drug-likeness (QED) is 0.189. The fourth-order valence-electron chi connectivity index (χ4n) is 8.37. The summed E-state index contributed by atoms with van der Waals surface area (Å²) in [4.78, 5) is 15.3. The zero-order valence-corrected chi connectivity index (χ0v) is 34.1. The zero-order valence-electron chi connectivity index (χ0n) is 34.1. The van der Waals surface area contributed by atoms with E-state index < -0.39 is 0 Å². The molecule has 59 heavy (non-hydrogen) atoms. The van der Waals surface area contributed by atoms with Crippen LogP contribution in [0.3, 0.4) is 0 Å². The largest absolute Gasteiger partial charge is 0.507 e. The van der Waals surface area contributed by atoms with E-state index in [1.807, 2.05) is 48.8 Å². The number of para-hydroxylation sites is 1. The number of aromatic hydroxyl groups is 1. The van der Waals surface area contributed by atoms with Crippen LogP contribution in [-0.2, 0) is 10.8 Å². The fourth-order valence-corrected chi connectivity index (χ4v) is 8.37. The number of pyridine rings is 2. The summed E-state index contributed by atoms with van der Waals surface area (Å²) in [6.45, 7) is 13.5. The first kappa shape index (κ1) is 36.3. The van der Waals surface area contributed by atoms with Crippen molar-refractivity contribution in [3.63, 3.8) is 0 Å². The number of hydrogen-bond acceptors (Lipinski definition) is 5. The second-order valence-corrected chi connectivity index (χ2v) is 17.5. The summed E-state index contributed by atoms with van der Waals surface area (Å²) in [6, 6.07) is 46.2. The number of benzene rings is 6. The maximum absolute atomic E-state index is 11.7. The first-order valence-corrected chi connectivity index (χ1v) is 20.1. The summed E-state index contributed by atoms with van der Waals surface area (Å²) in [5, 5.41) is 14.7. The Kier molecular flexibility index (Phi) is 8.32. The lowest BCUT2D eigenvalue weighted by Crippen LogP contribution is -2.12. The van der Waals surface area contributed by atoms with Gasteiger partial charge in [0.2, 0.25) is 0 Å². The Labute approximate surface area is 343 Å². The third kappa shape index (κ3) is 6.14. The van der Waals surface area contributed by atoms with E-state index in [1.165, 1.54) is 11.1 Å². The Hall–Kier alpha value is -7.05. The average molecular weight is 769 g/mol. The molecule has 0 aliphatic heterocycles. The van der Waals surface area contributed by atoms with Gasteiger partial charge >= 0.3 is 0 Å². The molecule has 0 radical (unpaired) electrons. The van der Waals surface area contributed by atoms with Crippen LogP contribution < -0.4 is 0 Å². The third-order valence-corrected chi connectivity index (χ3v) is 11.6. The van der Waals surface area contributed by atoms with E-state index in [4.69, 9.17) is 19.4 Å². The summed E-state index contributed by atoms with van der Waals surface area (Å²) >= 11 is 0. The summed E-state index contributed by atoms with van der Waals surface area (Å²) in [6.07, 6.45) is 5.54. The number of fused-ring (bicyclic) bond motifs is 5. The van der Waals surface area contributed by atoms with Crippen molar-refractivity contribution in [2.75, 3.05) is 0 Å². The van der Waals surface area contributed by atoms with Crippen molar-refractivity contribution < 1.29 is 9.52 Å². The Morgan fingerprint density at radius 2 is 1.32 bits per heavy atom. The normalized spacial score (nSPS) is 12.3. The van der Waals surface area contributed by atoms with Gasteiger partial charge in [0, 0.05) is 50.8 Å². The van der Waals surface area contributed by atoms with Gasteiger partial charge in [-0.1, -0.05) is 120 Å². The van der Waals surface area contributed by atoms with Crippen molar-refractivity contribution in [1.82, 2.24) is 19.5 Å². The van der Waals surface area contributed by atoms with Gasteiger partial charge in [0.15, 0.2) is 0 Å². The summed E-state index contributed by atoms with van der Waals surface area (Å²) in [5.74, 6) is 0.846. The van der Waals surface area contributed by atoms with Gasteiger partial charge < -0.3 is 9.52 Å². The molecule has 10 rings (SSSR count). The molecule has 0 saturated carbocycles. The highest BCUT2D eigenvalue weighted by molar-refractivity contribution is 6.13. The first-order chi connectivity index (χ1) is 28.4. The van der Waals surface area contributed by atoms with E-state index in [0.29, 0.717) is 22.2 Å². The molecule has 0 atom stereocenters. The summed E-state index contributed by atoms with van der Waals surface area (Å²) in [5.41, 5.74) is 13.6. The zero-order chi connectivity index (χ0) is 40.6. The van der Waals surface area contributed by atoms with Gasteiger partial charge in [-0.25, -0.2) is 4.98 Å². The van der Waals surface area contributed by atoms with E-state index in [-0.39, 0.29) is 16.6 Å². The molecule has 0 bridgehead atoms. The van der Waals surface area contributed by atoms with Crippen molar-refractivity contribution in [3.05, 3.63) is 163 Å². The highest BCUT2D eigenvalue weighted by atomic mass is 16.3.